The van der Waals surface area contributed by atoms with Crippen LogP contribution in [0.2, 0.25) is 0 Å². The Hall–Kier alpha value is -0.900. The Morgan fingerprint density at radius 2 is 2.29 bits per heavy atom. The highest BCUT2D eigenvalue weighted by Crippen LogP contribution is 2.52. The van der Waals surface area contributed by atoms with Crippen molar-refractivity contribution in [3.63, 3.8) is 0 Å². The maximum absolute atomic E-state index is 11.6. The van der Waals surface area contributed by atoms with Gasteiger partial charge in [-0.15, -0.1) is 0 Å². The molecule has 0 aromatic heterocycles. The lowest BCUT2D eigenvalue weighted by molar-refractivity contribution is -0.163. The van der Waals surface area contributed by atoms with E-state index in [0.29, 0.717) is 0 Å². The molecule has 2 saturated heterocycles. The second-order valence-corrected chi connectivity index (χ2v) is 4.31. The van der Waals surface area contributed by atoms with Crippen LogP contribution in [-0.2, 0) is 19.1 Å². The van der Waals surface area contributed by atoms with E-state index in [1.165, 1.54) is 0 Å². The van der Waals surface area contributed by atoms with E-state index in [-0.39, 0.29) is 24.6 Å². The van der Waals surface area contributed by atoms with Crippen molar-refractivity contribution in [2.24, 2.45) is 11.3 Å². The number of carbonyl (C=O) groups is 2. The molecule has 0 aromatic rings. The Kier molecular flexibility index (Phi) is 2.10. The largest absolute Gasteiger partial charge is 0.395 e. The third kappa shape index (κ3) is 1.03. The van der Waals surface area contributed by atoms with Gasteiger partial charge in [0.1, 0.15) is 0 Å². The summed E-state index contributed by atoms with van der Waals surface area (Å²) >= 11 is 0. The van der Waals surface area contributed by atoms with Crippen molar-refractivity contribution < 1.29 is 19.1 Å². The fraction of sp³-hybridized carbons (Fsp3) is 0.800. The maximum atomic E-state index is 11.6. The van der Waals surface area contributed by atoms with Crippen molar-refractivity contribution in [3.8, 4) is 0 Å². The molecular formula is C10H14O4. The molecule has 2 aliphatic heterocycles. The molecule has 0 spiro atoms. The van der Waals surface area contributed by atoms with E-state index in [4.69, 9.17) is 4.74 Å². The third-order valence-corrected chi connectivity index (χ3v) is 3.82. The summed E-state index contributed by atoms with van der Waals surface area (Å²) in [4.78, 5) is 21.8. The molecule has 14 heavy (non-hydrogen) atoms. The zero-order chi connectivity index (χ0) is 10.3. The quantitative estimate of drug-likeness (QED) is 0.375. The summed E-state index contributed by atoms with van der Waals surface area (Å²) in [5.74, 6) is -0.319. The van der Waals surface area contributed by atoms with E-state index in [1.54, 1.807) is 0 Å². The van der Waals surface area contributed by atoms with Crippen molar-refractivity contribution >= 4 is 12.4 Å². The van der Waals surface area contributed by atoms with Crippen LogP contribution in [-0.4, -0.2) is 24.6 Å². The summed E-state index contributed by atoms with van der Waals surface area (Å²) in [5, 5.41) is 0. The number of ether oxygens (including phenoxy) is 2. The van der Waals surface area contributed by atoms with Gasteiger partial charge in [-0.2, -0.15) is 0 Å². The number of carbonyl (C=O) groups excluding carboxylic acids is 2. The van der Waals surface area contributed by atoms with Gasteiger partial charge in [-0.3, -0.25) is 9.59 Å². The van der Waals surface area contributed by atoms with E-state index in [9.17, 15) is 9.59 Å². The number of hydrogen-bond acceptors (Lipinski definition) is 4. The SMILES string of the molecule is CC1C2CCC(O2)C1(C)C(=O)OC=O. The van der Waals surface area contributed by atoms with Crippen LogP contribution >= 0.6 is 0 Å². The maximum Gasteiger partial charge on any atom is 0.322 e. The second kappa shape index (κ2) is 3.05. The Bertz CT molecular complexity index is 271. The van der Waals surface area contributed by atoms with Gasteiger partial charge in [-0.1, -0.05) is 6.92 Å². The van der Waals surface area contributed by atoms with Gasteiger partial charge < -0.3 is 9.47 Å². The van der Waals surface area contributed by atoms with Crippen LogP contribution in [0, 0.1) is 11.3 Å². The first-order valence-corrected chi connectivity index (χ1v) is 4.91. The molecule has 0 radical (unpaired) electrons. The molecule has 78 valence electrons. The Morgan fingerprint density at radius 3 is 2.79 bits per heavy atom. The zero-order valence-electron chi connectivity index (χ0n) is 8.36. The lowest BCUT2D eigenvalue weighted by Gasteiger charge is -2.32. The van der Waals surface area contributed by atoms with Crippen molar-refractivity contribution in [3.05, 3.63) is 0 Å². The van der Waals surface area contributed by atoms with Gasteiger partial charge in [0.2, 0.25) is 0 Å². The molecule has 2 bridgehead atoms. The molecule has 4 atom stereocenters. The minimum absolute atomic E-state index is 0.0741. The van der Waals surface area contributed by atoms with Crippen molar-refractivity contribution in [1.82, 2.24) is 0 Å². The number of rotatable bonds is 2. The molecule has 0 saturated carbocycles. The lowest BCUT2D eigenvalue weighted by atomic mass is 9.68. The highest BCUT2D eigenvalue weighted by atomic mass is 16.6. The summed E-state index contributed by atoms with van der Waals surface area (Å²) in [5.41, 5.74) is -0.635. The minimum Gasteiger partial charge on any atom is -0.395 e. The van der Waals surface area contributed by atoms with Gasteiger partial charge in [0.15, 0.2) is 0 Å². The fourth-order valence-electron chi connectivity index (χ4n) is 2.64. The summed E-state index contributed by atoms with van der Waals surface area (Å²) in [7, 11) is 0. The van der Waals surface area contributed by atoms with Gasteiger partial charge in [-0.25, -0.2) is 0 Å². The first-order valence-electron chi connectivity index (χ1n) is 4.91. The van der Waals surface area contributed by atoms with Crippen LogP contribution < -0.4 is 0 Å². The first-order chi connectivity index (χ1) is 6.60. The molecule has 0 aliphatic carbocycles. The van der Waals surface area contributed by atoms with Crippen molar-refractivity contribution in [2.45, 2.75) is 38.9 Å². The Morgan fingerprint density at radius 1 is 1.57 bits per heavy atom. The summed E-state index contributed by atoms with van der Waals surface area (Å²) < 4.78 is 10.1. The molecule has 0 amide bonds. The van der Waals surface area contributed by atoms with Crippen LogP contribution in [0.15, 0.2) is 0 Å². The molecule has 2 heterocycles. The molecule has 2 fully saturated rings. The monoisotopic (exact) mass is 198 g/mol. The van der Waals surface area contributed by atoms with E-state index in [1.807, 2.05) is 13.8 Å². The molecule has 4 unspecified atom stereocenters. The van der Waals surface area contributed by atoms with Crippen LogP contribution in [0.1, 0.15) is 26.7 Å². The molecule has 2 rings (SSSR count). The van der Waals surface area contributed by atoms with E-state index < -0.39 is 11.4 Å². The fourth-order valence-corrected chi connectivity index (χ4v) is 2.64. The molecule has 0 aromatic carbocycles. The smallest absolute Gasteiger partial charge is 0.322 e. The Balaban J connectivity index is 2.22. The highest BCUT2D eigenvalue weighted by Gasteiger charge is 2.60. The predicted octanol–water partition coefficient (Wildman–Crippen LogP) is 0.890. The van der Waals surface area contributed by atoms with Gasteiger partial charge in [-0.05, 0) is 19.8 Å². The average Bonchev–Trinajstić information content (AvgIpc) is 2.71. The molecule has 4 heteroatoms. The minimum atomic E-state index is -0.635. The predicted molar refractivity (Wildman–Crippen MR) is 47.3 cm³/mol. The molecule has 2 aliphatic rings. The average molecular weight is 198 g/mol. The van der Waals surface area contributed by atoms with Gasteiger partial charge in [0, 0.05) is 5.92 Å². The third-order valence-electron chi connectivity index (χ3n) is 3.82. The molecular weight excluding hydrogens is 184 g/mol. The normalized spacial score (nSPS) is 45.1. The number of esters is 1. The van der Waals surface area contributed by atoms with Gasteiger partial charge >= 0.3 is 12.4 Å². The standard InChI is InChI=1S/C10H14O4/c1-6-7-3-4-8(14-7)10(6,2)9(12)13-5-11/h5-8H,3-4H2,1-2H3. The molecule has 0 N–H and O–H groups in total. The summed E-state index contributed by atoms with van der Waals surface area (Å²) in [6, 6.07) is 0. The van der Waals surface area contributed by atoms with Gasteiger partial charge in [0.05, 0.1) is 17.6 Å². The first kappa shape index (κ1) is 9.65. The van der Waals surface area contributed by atoms with Crippen LogP contribution in [0.3, 0.4) is 0 Å². The summed E-state index contributed by atoms with van der Waals surface area (Å²) in [6.45, 7) is 4.01. The van der Waals surface area contributed by atoms with Gasteiger partial charge in [0.25, 0.3) is 0 Å². The van der Waals surface area contributed by atoms with Crippen LogP contribution in [0.5, 0.6) is 0 Å². The van der Waals surface area contributed by atoms with E-state index in [2.05, 4.69) is 4.74 Å². The van der Waals surface area contributed by atoms with Crippen LogP contribution in [0.4, 0.5) is 0 Å². The second-order valence-electron chi connectivity index (χ2n) is 4.31. The van der Waals surface area contributed by atoms with Crippen molar-refractivity contribution in [2.75, 3.05) is 0 Å². The number of hydrogen-bond donors (Lipinski definition) is 0. The highest BCUT2D eigenvalue weighted by molar-refractivity contribution is 5.83. The summed E-state index contributed by atoms with van der Waals surface area (Å²) in [6.07, 6.45) is 1.98. The Labute approximate surface area is 82.6 Å². The van der Waals surface area contributed by atoms with Crippen molar-refractivity contribution in [1.29, 1.82) is 0 Å². The lowest BCUT2D eigenvalue weighted by Crippen LogP contribution is -2.44. The van der Waals surface area contributed by atoms with E-state index in [0.717, 1.165) is 12.8 Å². The molecule has 4 nitrogen and oxygen atoms in total. The topological polar surface area (TPSA) is 52.6 Å². The van der Waals surface area contributed by atoms with Crippen LogP contribution in [0.25, 0.3) is 0 Å². The number of fused-ring (bicyclic) bond motifs is 2. The zero-order valence-corrected chi connectivity index (χ0v) is 8.36. The van der Waals surface area contributed by atoms with E-state index >= 15 is 0 Å².